The van der Waals surface area contributed by atoms with Crippen molar-refractivity contribution in [2.45, 2.75) is 0 Å². The average molecular weight is 311 g/mol. The number of hydrogen-bond donors (Lipinski definition) is 1. The van der Waals surface area contributed by atoms with Crippen molar-refractivity contribution >= 4 is 17.3 Å². The Kier molecular flexibility index (Phi) is 3.85. The van der Waals surface area contributed by atoms with Gasteiger partial charge in [0.05, 0.1) is 0 Å². The van der Waals surface area contributed by atoms with Crippen LogP contribution in [0.25, 0.3) is 0 Å². The molecule has 0 fully saturated rings. The van der Waals surface area contributed by atoms with Gasteiger partial charge in [-0.05, 0) is 36.4 Å². The van der Waals surface area contributed by atoms with E-state index in [1.807, 2.05) is 11.4 Å². The summed E-state index contributed by atoms with van der Waals surface area (Å²) in [5.74, 6) is 0.418. The van der Waals surface area contributed by atoms with Crippen LogP contribution in [0, 0.1) is 11.3 Å². The number of esters is 1. The third kappa shape index (κ3) is 3.13. The maximum Gasteiger partial charge on any atom is 0.360 e. The van der Waals surface area contributed by atoms with Crippen molar-refractivity contribution in [3.63, 3.8) is 0 Å². The highest BCUT2D eigenvalue weighted by atomic mass is 32.1. The first kappa shape index (κ1) is 13.9. The van der Waals surface area contributed by atoms with Gasteiger partial charge in [0, 0.05) is 11.6 Å². The van der Waals surface area contributed by atoms with Crippen LogP contribution in [0.2, 0.25) is 0 Å². The molecule has 2 aromatic heterocycles. The number of aromatic amines is 1. The third-order valence-corrected chi connectivity index (χ3v) is 3.32. The quantitative estimate of drug-likeness (QED) is 0.589. The Bertz CT molecular complexity index is 817. The zero-order valence-corrected chi connectivity index (χ0v) is 12.0. The van der Waals surface area contributed by atoms with Gasteiger partial charge in [0.25, 0.3) is 5.19 Å². The number of nitrogens with one attached hydrogen (secondary N) is 1. The number of aromatic nitrogens is 2. The lowest BCUT2D eigenvalue weighted by Crippen LogP contribution is -2.08. The second-order valence-corrected chi connectivity index (χ2v) is 5.02. The van der Waals surface area contributed by atoms with Crippen LogP contribution in [0.3, 0.4) is 0 Å². The summed E-state index contributed by atoms with van der Waals surface area (Å²) >= 11 is 1.39. The van der Waals surface area contributed by atoms with Crippen LogP contribution in [0.1, 0.15) is 16.2 Å². The molecule has 0 aliphatic carbocycles. The molecule has 6 nitrogen and oxygen atoms in total. The molecule has 0 radical (unpaired) electrons. The van der Waals surface area contributed by atoms with Gasteiger partial charge in [0.1, 0.15) is 29.0 Å². The first-order valence-electron chi connectivity index (χ1n) is 6.23. The molecule has 1 aromatic carbocycles. The molecule has 0 aliphatic rings. The van der Waals surface area contributed by atoms with Gasteiger partial charge in [-0.3, -0.25) is 0 Å². The van der Waals surface area contributed by atoms with Crippen LogP contribution >= 0.6 is 11.3 Å². The molecule has 0 spiro atoms. The summed E-state index contributed by atoms with van der Waals surface area (Å²) in [5, 5.41) is 11.1. The van der Waals surface area contributed by atoms with Crippen LogP contribution in [-0.2, 0) is 0 Å². The van der Waals surface area contributed by atoms with E-state index in [0.717, 1.165) is 0 Å². The molecule has 0 amide bonds. The van der Waals surface area contributed by atoms with Crippen LogP contribution in [0.5, 0.6) is 16.7 Å². The first-order chi connectivity index (χ1) is 10.7. The van der Waals surface area contributed by atoms with Crippen molar-refractivity contribution in [3.05, 3.63) is 59.4 Å². The highest BCUT2D eigenvalue weighted by Gasteiger charge is 2.11. The van der Waals surface area contributed by atoms with Crippen LogP contribution in [-0.4, -0.2) is 15.9 Å². The van der Waals surface area contributed by atoms with E-state index in [1.54, 1.807) is 30.5 Å². The van der Waals surface area contributed by atoms with Gasteiger partial charge < -0.3 is 14.5 Å². The molecule has 7 heteroatoms. The minimum Gasteiger partial charge on any atom is -0.431 e. The molecule has 2 heterocycles. The Labute approximate surface area is 129 Å². The molecule has 0 aliphatic heterocycles. The SMILES string of the molecule is N#Cc1ccc(C(=O)Oc2ccc(Oc3nccs3)cc2)[nH]1. The minimum atomic E-state index is -0.560. The minimum absolute atomic E-state index is 0.222. The molecule has 0 atom stereocenters. The average Bonchev–Trinajstić information content (AvgIpc) is 3.20. The third-order valence-electron chi connectivity index (χ3n) is 2.68. The number of hydrogen-bond acceptors (Lipinski definition) is 6. The molecule has 108 valence electrons. The molecular formula is C15H9N3O3S. The van der Waals surface area contributed by atoms with E-state index < -0.39 is 5.97 Å². The van der Waals surface area contributed by atoms with Crippen molar-refractivity contribution in [1.82, 2.24) is 9.97 Å². The number of thiazole rings is 1. The summed E-state index contributed by atoms with van der Waals surface area (Å²) in [7, 11) is 0. The molecule has 22 heavy (non-hydrogen) atoms. The molecule has 0 bridgehead atoms. The number of carbonyl (C=O) groups is 1. The Morgan fingerprint density at radius 2 is 1.95 bits per heavy atom. The fraction of sp³-hybridized carbons (Fsp3) is 0. The Morgan fingerprint density at radius 1 is 1.18 bits per heavy atom. The number of nitriles is 1. The molecule has 0 saturated carbocycles. The van der Waals surface area contributed by atoms with Crippen molar-refractivity contribution < 1.29 is 14.3 Å². The van der Waals surface area contributed by atoms with E-state index in [4.69, 9.17) is 14.7 Å². The summed E-state index contributed by atoms with van der Waals surface area (Å²) < 4.78 is 10.7. The second kappa shape index (κ2) is 6.11. The van der Waals surface area contributed by atoms with Crippen molar-refractivity contribution in [2.24, 2.45) is 0 Å². The lowest BCUT2D eigenvalue weighted by Gasteiger charge is -2.05. The van der Waals surface area contributed by atoms with E-state index in [9.17, 15) is 4.79 Å². The van der Waals surface area contributed by atoms with Gasteiger partial charge in [0.15, 0.2) is 0 Å². The van der Waals surface area contributed by atoms with E-state index >= 15 is 0 Å². The first-order valence-corrected chi connectivity index (χ1v) is 7.11. The van der Waals surface area contributed by atoms with Crippen LogP contribution in [0.4, 0.5) is 0 Å². The molecule has 3 aromatic rings. The molecular weight excluding hydrogens is 302 g/mol. The lowest BCUT2D eigenvalue weighted by atomic mass is 10.3. The van der Waals surface area contributed by atoms with Gasteiger partial charge >= 0.3 is 5.97 Å². The summed E-state index contributed by atoms with van der Waals surface area (Å²) in [6.07, 6.45) is 1.65. The van der Waals surface area contributed by atoms with Gasteiger partial charge in [-0.2, -0.15) is 5.26 Å². The smallest absolute Gasteiger partial charge is 0.360 e. The van der Waals surface area contributed by atoms with Gasteiger partial charge in [-0.25, -0.2) is 9.78 Å². The van der Waals surface area contributed by atoms with Crippen molar-refractivity contribution in [1.29, 1.82) is 5.26 Å². The fourth-order valence-electron chi connectivity index (χ4n) is 1.68. The molecule has 0 unspecified atom stereocenters. The van der Waals surface area contributed by atoms with Crippen molar-refractivity contribution in [2.75, 3.05) is 0 Å². The monoisotopic (exact) mass is 311 g/mol. The molecule has 0 saturated heterocycles. The number of carbonyl (C=O) groups excluding carboxylic acids is 1. The summed E-state index contributed by atoms with van der Waals surface area (Å²) in [6, 6.07) is 11.5. The predicted molar refractivity (Wildman–Crippen MR) is 79.1 cm³/mol. The Morgan fingerprint density at radius 3 is 2.59 bits per heavy atom. The number of H-pyrrole nitrogens is 1. The topological polar surface area (TPSA) is 88.0 Å². The number of nitrogens with zero attached hydrogens (tertiary/aromatic N) is 2. The van der Waals surface area contributed by atoms with Crippen LogP contribution < -0.4 is 9.47 Å². The normalized spacial score (nSPS) is 9.95. The standard InChI is InChI=1S/C15H9N3O3S/c16-9-10-1-6-13(18-10)14(19)20-11-2-4-12(5-3-11)21-15-17-7-8-22-15/h1-8,18H. The zero-order valence-electron chi connectivity index (χ0n) is 11.1. The lowest BCUT2D eigenvalue weighted by molar-refractivity contribution is 0.0729. The maximum absolute atomic E-state index is 11.9. The zero-order chi connectivity index (χ0) is 15.4. The molecule has 1 N–H and O–H groups in total. The second-order valence-electron chi connectivity index (χ2n) is 4.16. The van der Waals surface area contributed by atoms with Crippen molar-refractivity contribution in [3.8, 4) is 22.8 Å². The Balaban J connectivity index is 1.65. The van der Waals surface area contributed by atoms with Gasteiger partial charge in [-0.15, -0.1) is 0 Å². The Hall–Kier alpha value is -3.11. The summed E-state index contributed by atoms with van der Waals surface area (Å²) in [5.41, 5.74) is 0.527. The van der Waals surface area contributed by atoms with E-state index in [2.05, 4.69) is 9.97 Å². The number of ether oxygens (including phenoxy) is 2. The highest BCUT2D eigenvalue weighted by molar-refractivity contribution is 7.11. The van der Waals surface area contributed by atoms with Gasteiger partial charge in [-0.1, -0.05) is 11.3 Å². The number of rotatable bonds is 4. The molecule has 3 rings (SSSR count). The van der Waals surface area contributed by atoms with Crippen LogP contribution in [0.15, 0.2) is 48.0 Å². The van der Waals surface area contributed by atoms with Gasteiger partial charge in [0.2, 0.25) is 0 Å². The highest BCUT2D eigenvalue weighted by Crippen LogP contribution is 2.25. The largest absolute Gasteiger partial charge is 0.431 e. The van der Waals surface area contributed by atoms with E-state index in [-0.39, 0.29) is 5.69 Å². The van der Waals surface area contributed by atoms with E-state index in [0.29, 0.717) is 22.4 Å². The predicted octanol–water partition coefficient (Wildman–Crippen LogP) is 3.35. The summed E-state index contributed by atoms with van der Waals surface area (Å²) in [4.78, 5) is 18.6. The number of benzene rings is 1. The fourth-order valence-corrected chi connectivity index (χ4v) is 2.18. The summed E-state index contributed by atoms with van der Waals surface area (Å²) in [6.45, 7) is 0. The maximum atomic E-state index is 11.9. The van der Waals surface area contributed by atoms with E-state index in [1.165, 1.54) is 23.5 Å².